The van der Waals surface area contributed by atoms with E-state index >= 15 is 0 Å². The summed E-state index contributed by atoms with van der Waals surface area (Å²) in [7, 11) is 0. The molecule has 1 aliphatic rings. The Kier molecular flexibility index (Phi) is 3.96. The number of benzene rings is 1. The summed E-state index contributed by atoms with van der Waals surface area (Å²) in [5.74, 6) is -6.33. The molecule has 0 aromatic heterocycles. The normalized spacial score (nSPS) is 22.4. The molecule has 0 aliphatic carbocycles. The first-order chi connectivity index (χ1) is 9.38. The van der Waals surface area contributed by atoms with Gasteiger partial charge in [-0.05, 0) is 17.5 Å². The number of piperidine rings is 1. The molecule has 0 spiro atoms. The predicted octanol–water partition coefficient (Wildman–Crippen LogP) is 1.80. The third kappa shape index (κ3) is 2.92. The molecular formula is C13H12F3NO3. The number of carbonyl (C=O) groups excluding carboxylic acids is 1. The van der Waals surface area contributed by atoms with Gasteiger partial charge in [-0.3, -0.25) is 9.59 Å². The van der Waals surface area contributed by atoms with Gasteiger partial charge < -0.3 is 10.4 Å². The van der Waals surface area contributed by atoms with Gasteiger partial charge in [0.15, 0.2) is 11.6 Å². The van der Waals surface area contributed by atoms with E-state index in [-0.39, 0.29) is 30.9 Å². The molecule has 1 amide bonds. The first kappa shape index (κ1) is 14.4. The maximum atomic E-state index is 13.8. The molecule has 2 N–H and O–H groups in total. The predicted molar refractivity (Wildman–Crippen MR) is 62.4 cm³/mol. The molecule has 2 unspecified atom stereocenters. The number of nitrogens with one attached hydrogen (secondary N) is 1. The number of hydrogen-bond donors (Lipinski definition) is 2. The third-order valence-electron chi connectivity index (χ3n) is 3.41. The molecule has 1 heterocycles. The van der Waals surface area contributed by atoms with Gasteiger partial charge in [-0.25, -0.2) is 13.2 Å². The van der Waals surface area contributed by atoms with Gasteiger partial charge in [0.2, 0.25) is 5.91 Å². The summed E-state index contributed by atoms with van der Waals surface area (Å²) in [6.07, 6.45) is -0.441. The summed E-state index contributed by atoms with van der Waals surface area (Å²) in [6, 6.07) is 1.11. The number of carboxylic acid groups (broad SMARTS) is 1. The van der Waals surface area contributed by atoms with Crippen molar-refractivity contribution < 1.29 is 27.9 Å². The highest BCUT2D eigenvalue weighted by Gasteiger charge is 2.34. The Morgan fingerprint density at radius 2 is 1.90 bits per heavy atom. The van der Waals surface area contributed by atoms with Crippen molar-refractivity contribution in [2.45, 2.75) is 18.8 Å². The van der Waals surface area contributed by atoms with Gasteiger partial charge in [0.1, 0.15) is 5.82 Å². The van der Waals surface area contributed by atoms with Crippen LogP contribution in [0.25, 0.3) is 0 Å². The zero-order valence-corrected chi connectivity index (χ0v) is 10.3. The van der Waals surface area contributed by atoms with Crippen LogP contribution in [0.3, 0.4) is 0 Å². The van der Waals surface area contributed by atoms with E-state index in [1.165, 1.54) is 0 Å². The van der Waals surface area contributed by atoms with Gasteiger partial charge in [0, 0.05) is 24.9 Å². The maximum absolute atomic E-state index is 13.8. The van der Waals surface area contributed by atoms with Crippen molar-refractivity contribution in [3.05, 3.63) is 35.1 Å². The molecular weight excluding hydrogens is 275 g/mol. The lowest BCUT2D eigenvalue weighted by Gasteiger charge is -2.31. The maximum Gasteiger partial charge on any atom is 0.303 e. The lowest BCUT2D eigenvalue weighted by molar-refractivity contribution is -0.139. The molecule has 0 saturated carbocycles. The number of carboxylic acids is 1. The van der Waals surface area contributed by atoms with Crippen LogP contribution in [-0.4, -0.2) is 23.5 Å². The van der Waals surface area contributed by atoms with Crippen molar-refractivity contribution in [3.8, 4) is 0 Å². The fraction of sp³-hybridized carbons (Fsp3) is 0.385. The standard InChI is InChI=1S/C13H12F3NO3/c14-9-4-11(16)10(15)2-8(9)7-3-12(18)17-5-6(7)1-13(19)20/h2,4,6-7H,1,3,5H2,(H,17,18)(H,19,20). The van der Waals surface area contributed by atoms with Crippen LogP contribution in [0, 0.1) is 23.4 Å². The average molecular weight is 287 g/mol. The summed E-state index contributed by atoms with van der Waals surface area (Å²) < 4.78 is 39.9. The molecule has 1 aliphatic heterocycles. The van der Waals surface area contributed by atoms with Crippen molar-refractivity contribution >= 4 is 11.9 Å². The van der Waals surface area contributed by atoms with Crippen LogP contribution in [0.15, 0.2) is 12.1 Å². The topological polar surface area (TPSA) is 66.4 Å². The van der Waals surface area contributed by atoms with Crippen LogP contribution < -0.4 is 5.32 Å². The van der Waals surface area contributed by atoms with Crippen molar-refractivity contribution in [1.82, 2.24) is 5.32 Å². The minimum absolute atomic E-state index is 0.0637. The summed E-state index contributed by atoms with van der Waals surface area (Å²) in [5.41, 5.74) is -0.162. The number of hydrogen-bond acceptors (Lipinski definition) is 2. The fourth-order valence-corrected chi connectivity index (χ4v) is 2.45. The van der Waals surface area contributed by atoms with E-state index in [2.05, 4.69) is 5.32 Å². The quantitative estimate of drug-likeness (QED) is 0.833. The molecule has 20 heavy (non-hydrogen) atoms. The second kappa shape index (κ2) is 5.52. The highest BCUT2D eigenvalue weighted by Crippen LogP contribution is 2.35. The van der Waals surface area contributed by atoms with E-state index in [9.17, 15) is 22.8 Å². The smallest absolute Gasteiger partial charge is 0.303 e. The average Bonchev–Trinajstić information content (AvgIpc) is 2.35. The zero-order chi connectivity index (χ0) is 14.9. The van der Waals surface area contributed by atoms with E-state index in [1.54, 1.807) is 0 Å². The highest BCUT2D eigenvalue weighted by atomic mass is 19.2. The van der Waals surface area contributed by atoms with Crippen LogP contribution in [0.1, 0.15) is 24.3 Å². The molecule has 1 fully saturated rings. The Morgan fingerprint density at radius 1 is 1.25 bits per heavy atom. The zero-order valence-electron chi connectivity index (χ0n) is 10.3. The molecule has 0 bridgehead atoms. The van der Waals surface area contributed by atoms with Crippen molar-refractivity contribution in [1.29, 1.82) is 0 Å². The van der Waals surface area contributed by atoms with Gasteiger partial charge >= 0.3 is 5.97 Å². The minimum atomic E-state index is -1.32. The van der Waals surface area contributed by atoms with E-state index in [0.717, 1.165) is 0 Å². The minimum Gasteiger partial charge on any atom is -0.481 e. The molecule has 1 saturated heterocycles. The Bertz CT molecular complexity index is 562. The molecule has 2 atom stereocenters. The number of halogens is 3. The van der Waals surface area contributed by atoms with E-state index in [0.29, 0.717) is 12.1 Å². The Labute approximate surface area is 112 Å². The first-order valence-electron chi connectivity index (χ1n) is 6.01. The summed E-state index contributed by atoms with van der Waals surface area (Å²) >= 11 is 0. The molecule has 1 aromatic carbocycles. The highest BCUT2D eigenvalue weighted by molar-refractivity contribution is 5.78. The summed E-state index contributed by atoms with van der Waals surface area (Å²) in [4.78, 5) is 22.2. The monoisotopic (exact) mass is 287 g/mol. The van der Waals surface area contributed by atoms with E-state index in [1.807, 2.05) is 0 Å². The van der Waals surface area contributed by atoms with Gasteiger partial charge in [-0.15, -0.1) is 0 Å². The van der Waals surface area contributed by atoms with Crippen LogP contribution >= 0.6 is 0 Å². The second-order valence-electron chi connectivity index (χ2n) is 4.76. The van der Waals surface area contributed by atoms with Gasteiger partial charge in [0.25, 0.3) is 0 Å². The van der Waals surface area contributed by atoms with Crippen LogP contribution in [0.5, 0.6) is 0 Å². The number of amides is 1. The lowest BCUT2D eigenvalue weighted by Crippen LogP contribution is -2.40. The Balaban J connectivity index is 2.37. The SMILES string of the molecule is O=C(O)CC1CNC(=O)CC1c1cc(F)c(F)cc1F. The van der Waals surface area contributed by atoms with Crippen molar-refractivity contribution in [3.63, 3.8) is 0 Å². The molecule has 1 aromatic rings. The number of aliphatic carboxylic acids is 1. The first-order valence-corrected chi connectivity index (χ1v) is 6.01. The third-order valence-corrected chi connectivity index (χ3v) is 3.41. The van der Waals surface area contributed by atoms with Crippen molar-refractivity contribution in [2.24, 2.45) is 5.92 Å². The van der Waals surface area contributed by atoms with E-state index < -0.39 is 35.3 Å². The van der Waals surface area contributed by atoms with Crippen LogP contribution in [0.4, 0.5) is 13.2 Å². The molecule has 7 heteroatoms. The van der Waals surface area contributed by atoms with Gasteiger partial charge in [-0.2, -0.15) is 0 Å². The van der Waals surface area contributed by atoms with Gasteiger partial charge in [0.05, 0.1) is 6.42 Å². The van der Waals surface area contributed by atoms with Crippen LogP contribution in [0.2, 0.25) is 0 Å². The number of carbonyl (C=O) groups is 2. The molecule has 4 nitrogen and oxygen atoms in total. The Hall–Kier alpha value is -2.05. The molecule has 2 rings (SSSR count). The fourth-order valence-electron chi connectivity index (χ4n) is 2.45. The summed E-state index contributed by atoms with van der Waals surface area (Å²) in [5, 5.41) is 11.3. The number of rotatable bonds is 3. The van der Waals surface area contributed by atoms with Gasteiger partial charge in [-0.1, -0.05) is 0 Å². The van der Waals surface area contributed by atoms with Crippen LogP contribution in [-0.2, 0) is 9.59 Å². The Morgan fingerprint density at radius 3 is 2.55 bits per heavy atom. The molecule has 0 radical (unpaired) electrons. The van der Waals surface area contributed by atoms with E-state index in [4.69, 9.17) is 5.11 Å². The summed E-state index contributed by atoms with van der Waals surface area (Å²) in [6.45, 7) is 0.0637. The van der Waals surface area contributed by atoms with Crippen molar-refractivity contribution in [2.75, 3.05) is 6.54 Å². The molecule has 108 valence electrons. The second-order valence-corrected chi connectivity index (χ2v) is 4.76. The largest absolute Gasteiger partial charge is 0.481 e. The lowest BCUT2D eigenvalue weighted by atomic mass is 9.79.